The van der Waals surface area contributed by atoms with Crippen molar-refractivity contribution in [3.05, 3.63) is 0 Å². The van der Waals surface area contributed by atoms with Crippen LogP contribution in [0.15, 0.2) is 0 Å². The van der Waals surface area contributed by atoms with Gasteiger partial charge in [0.15, 0.2) is 6.10 Å². The van der Waals surface area contributed by atoms with Crippen molar-refractivity contribution in [3.8, 4) is 0 Å². The van der Waals surface area contributed by atoms with Crippen molar-refractivity contribution in [1.82, 2.24) is 0 Å². The molecule has 0 saturated heterocycles. The van der Waals surface area contributed by atoms with Crippen molar-refractivity contribution in [3.63, 3.8) is 0 Å². The second-order valence-corrected chi connectivity index (χ2v) is 2.52. The summed E-state index contributed by atoms with van der Waals surface area (Å²) in [5.74, 6) is 0.169. The number of rotatable bonds is 3. The normalized spacial score (nSPS) is 20.2. The lowest BCUT2D eigenvalue weighted by Crippen LogP contribution is -2.26. The van der Waals surface area contributed by atoms with Gasteiger partial charge in [0.2, 0.25) is 0 Å². The lowest BCUT2D eigenvalue weighted by atomic mass is 10.2. The molecule has 3 nitrogen and oxygen atoms in total. The zero-order chi connectivity index (χ0) is 7.56. The van der Waals surface area contributed by atoms with Crippen molar-refractivity contribution in [1.29, 1.82) is 0 Å². The molecular formula is C7H12O3. The molecule has 0 N–H and O–H groups in total. The average Bonchev–Trinajstić information content (AvgIpc) is 2.73. The molecule has 1 aliphatic carbocycles. The Morgan fingerprint density at radius 3 is 2.40 bits per heavy atom. The van der Waals surface area contributed by atoms with Gasteiger partial charge in [-0.15, -0.1) is 0 Å². The summed E-state index contributed by atoms with van der Waals surface area (Å²) in [6, 6.07) is 0. The van der Waals surface area contributed by atoms with Gasteiger partial charge in [-0.05, 0) is 18.8 Å². The van der Waals surface area contributed by atoms with Crippen LogP contribution in [0.4, 0.5) is 0 Å². The standard InChI is InChI=1S/C7H12O3/c1-9-6(5-3-4-5)7(8)10-2/h5-6H,3-4H2,1-2H3. The molecule has 0 aromatic carbocycles. The predicted molar refractivity (Wildman–Crippen MR) is 35.5 cm³/mol. The molecule has 1 atom stereocenters. The molecule has 0 aromatic rings. The Kier molecular flexibility index (Phi) is 2.27. The molecule has 0 radical (unpaired) electrons. The van der Waals surface area contributed by atoms with E-state index >= 15 is 0 Å². The summed E-state index contributed by atoms with van der Waals surface area (Å²) in [5.41, 5.74) is 0. The maximum atomic E-state index is 10.9. The van der Waals surface area contributed by atoms with Gasteiger partial charge in [0.25, 0.3) is 0 Å². The van der Waals surface area contributed by atoms with Crippen molar-refractivity contribution >= 4 is 5.97 Å². The highest BCUT2D eigenvalue weighted by Crippen LogP contribution is 2.34. The molecule has 3 heteroatoms. The topological polar surface area (TPSA) is 35.5 Å². The highest BCUT2D eigenvalue weighted by Gasteiger charge is 2.36. The second-order valence-electron chi connectivity index (χ2n) is 2.52. The minimum Gasteiger partial charge on any atom is -0.467 e. The fourth-order valence-corrected chi connectivity index (χ4v) is 0.996. The maximum absolute atomic E-state index is 10.9. The van der Waals surface area contributed by atoms with Crippen LogP contribution in [0.5, 0.6) is 0 Å². The Bertz CT molecular complexity index is 129. The molecular weight excluding hydrogens is 132 g/mol. The van der Waals surface area contributed by atoms with E-state index in [1.807, 2.05) is 0 Å². The maximum Gasteiger partial charge on any atom is 0.335 e. The first-order valence-corrected chi connectivity index (χ1v) is 3.40. The van der Waals surface area contributed by atoms with Crippen molar-refractivity contribution in [2.45, 2.75) is 18.9 Å². The summed E-state index contributed by atoms with van der Waals surface area (Å²) in [6.07, 6.45) is 1.87. The van der Waals surface area contributed by atoms with Crippen molar-refractivity contribution in [2.24, 2.45) is 5.92 Å². The molecule has 0 bridgehead atoms. The van der Waals surface area contributed by atoms with E-state index in [0.717, 1.165) is 12.8 Å². The SMILES string of the molecule is COC(=O)C(OC)C1CC1. The van der Waals surface area contributed by atoms with Gasteiger partial charge < -0.3 is 9.47 Å². The van der Waals surface area contributed by atoms with E-state index < -0.39 is 0 Å². The van der Waals surface area contributed by atoms with Gasteiger partial charge in [-0.25, -0.2) is 4.79 Å². The van der Waals surface area contributed by atoms with Crippen LogP contribution >= 0.6 is 0 Å². The van der Waals surface area contributed by atoms with E-state index in [1.165, 1.54) is 7.11 Å². The van der Waals surface area contributed by atoms with Gasteiger partial charge in [0.05, 0.1) is 7.11 Å². The molecule has 1 rings (SSSR count). The predicted octanol–water partition coefficient (Wildman–Crippen LogP) is 0.584. The number of hydrogen-bond donors (Lipinski definition) is 0. The fraction of sp³-hybridized carbons (Fsp3) is 0.857. The first-order valence-electron chi connectivity index (χ1n) is 3.40. The summed E-state index contributed by atoms with van der Waals surface area (Å²) in [6.45, 7) is 0. The summed E-state index contributed by atoms with van der Waals surface area (Å²) >= 11 is 0. The Morgan fingerprint density at radius 2 is 2.10 bits per heavy atom. The Balaban J connectivity index is 2.38. The molecule has 58 valence electrons. The lowest BCUT2D eigenvalue weighted by molar-refractivity contribution is -0.153. The van der Waals surface area contributed by atoms with Gasteiger partial charge in [-0.3, -0.25) is 0 Å². The molecule has 1 aliphatic rings. The molecule has 0 aromatic heterocycles. The monoisotopic (exact) mass is 144 g/mol. The van der Waals surface area contributed by atoms with Crippen LogP contribution in [-0.2, 0) is 14.3 Å². The van der Waals surface area contributed by atoms with E-state index in [9.17, 15) is 4.79 Å². The number of methoxy groups -OCH3 is 2. The fourth-order valence-electron chi connectivity index (χ4n) is 0.996. The average molecular weight is 144 g/mol. The van der Waals surface area contributed by atoms with Gasteiger partial charge in [-0.2, -0.15) is 0 Å². The highest BCUT2D eigenvalue weighted by molar-refractivity contribution is 5.75. The van der Waals surface area contributed by atoms with Crippen molar-refractivity contribution in [2.75, 3.05) is 14.2 Å². The quantitative estimate of drug-likeness (QED) is 0.544. The van der Waals surface area contributed by atoms with Crippen LogP contribution < -0.4 is 0 Å². The Morgan fingerprint density at radius 1 is 1.50 bits per heavy atom. The van der Waals surface area contributed by atoms with Gasteiger partial charge in [-0.1, -0.05) is 0 Å². The van der Waals surface area contributed by atoms with E-state index in [2.05, 4.69) is 4.74 Å². The van der Waals surface area contributed by atoms with E-state index in [1.54, 1.807) is 7.11 Å². The number of carbonyl (C=O) groups excluding carboxylic acids is 1. The Hall–Kier alpha value is -0.570. The zero-order valence-electron chi connectivity index (χ0n) is 6.29. The molecule has 0 spiro atoms. The molecule has 1 saturated carbocycles. The molecule has 1 fully saturated rings. The van der Waals surface area contributed by atoms with Crippen LogP contribution in [0.1, 0.15) is 12.8 Å². The molecule has 1 unspecified atom stereocenters. The van der Waals surface area contributed by atoms with E-state index in [0.29, 0.717) is 5.92 Å². The summed E-state index contributed by atoms with van der Waals surface area (Å²) < 4.78 is 9.49. The number of esters is 1. The van der Waals surface area contributed by atoms with Gasteiger partial charge in [0, 0.05) is 7.11 Å². The lowest BCUT2D eigenvalue weighted by Gasteiger charge is -2.10. The third kappa shape index (κ3) is 1.48. The third-order valence-corrected chi connectivity index (χ3v) is 1.74. The number of ether oxygens (including phenoxy) is 2. The smallest absolute Gasteiger partial charge is 0.335 e. The van der Waals surface area contributed by atoms with E-state index in [-0.39, 0.29) is 12.1 Å². The minimum absolute atomic E-state index is 0.245. The molecule has 0 aliphatic heterocycles. The number of carbonyl (C=O) groups is 1. The van der Waals surface area contributed by atoms with Crippen LogP contribution in [0.2, 0.25) is 0 Å². The zero-order valence-corrected chi connectivity index (χ0v) is 6.29. The first kappa shape index (κ1) is 7.54. The van der Waals surface area contributed by atoms with Crippen LogP contribution in [-0.4, -0.2) is 26.3 Å². The third-order valence-electron chi connectivity index (χ3n) is 1.74. The van der Waals surface area contributed by atoms with Crippen molar-refractivity contribution < 1.29 is 14.3 Å². The number of hydrogen-bond acceptors (Lipinski definition) is 3. The second kappa shape index (κ2) is 3.01. The van der Waals surface area contributed by atoms with Crippen LogP contribution in [0, 0.1) is 5.92 Å². The Labute approximate surface area is 60.3 Å². The van der Waals surface area contributed by atoms with Gasteiger partial charge in [0.1, 0.15) is 0 Å². The molecule has 0 heterocycles. The highest BCUT2D eigenvalue weighted by atomic mass is 16.6. The van der Waals surface area contributed by atoms with Gasteiger partial charge >= 0.3 is 5.97 Å². The minimum atomic E-state index is -0.315. The summed E-state index contributed by atoms with van der Waals surface area (Å²) in [7, 11) is 2.93. The first-order chi connectivity index (χ1) is 4.79. The summed E-state index contributed by atoms with van der Waals surface area (Å²) in [4.78, 5) is 10.9. The molecule has 0 amide bonds. The van der Waals surface area contributed by atoms with Crippen LogP contribution in [0.3, 0.4) is 0 Å². The largest absolute Gasteiger partial charge is 0.467 e. The van der Waals surface area contributed by atoms with Crippen LogP contribution in [0.25, 0.3) is 0 Å². The summed E-state index contributed by atoms with van der Waals surface area (Å²) in [5, 5.41) is 0. The molecule has 10 heavy (non-hydrogen) atoms. The van der Waals surface area contributed by atoms with E-state index in [4.69, 9.17) is 4.74 Å².